The van der Waals surface area contributed by atoms with E-state index >= 15 is 0 Å². The molecule has 0 N–H and O–H groups in total. The minimum absolute atomic E-state index is 0.00230. The van der Waals surface area contributed by atoms with Crippen LogP contribution in [0.25, 0.3) is 0 Å². The van der Waals surface area contributed by atoms with Crippen molar-refractivity contribution in [2.45, 2.75) is 124 Å². The van der Waals surface area contributed by atoms with Gasteiger partial charge in [-0.1, -0.05) is 66.9 Å². The van der Waals surface area contributed by atoms with Gasteiger partial charge in [0.1, 0.15) is 12.2 Å². The molecule has 0 aromatic carbocycles. The van der Waals surface area contributed by atoms with Crippen molar-refractivity contribution in [1.82, 2.24) is 4.90 Å². The average molecular weight is 568 g/mol. The monoisotopic (exact) mass is 567 g/mol. The molecule has 1 amide bonds. The summed E-state index contributed by atoms with van der Waals surface area (Å²) in [6, 6.07) is 0. The van der Waals surface area contributed by atoms with E-state index in [1.54, 1.807) is 34.4 Å². The number of rotatable bonds is 19. The van der Waals surface area contributed by atoms with Crippen molar-refractivity contribution in [1.29, 1.82) is 0 Å². The van der Waals surface area contributed by atoms with Gasteiger partial charge in [-0.3, -0.25) is 14.4 Å². The fourth-order valence-electron chi connectivity index (χ4n) is 5.66. The quantitative estimate of drug-likeness (QED) is 0.136. The highest BCUT2D eigenvalue weighted by molar-refractivity contribution is 5.72. The van der Waals surface area contributed by atoms with E-state index in [9.17, 15) is 14.4 Å². The molecule has 0 aromatic rings. The highest BCUT2D eigenvalue weighted by Crippen LogP contribution is 2.31. The summed E-state index contributed by atoms with van der Waals surface area (Å²) in [5.74, 6) is -0.0556. The molecule has 0 unspecified atom stereocenters. The SMILES string of the molecule is CCC(=O)O[C@@H](C[C@H](OC)[C@@H](C)CC[C@@H](OC(=O)C1CCCCC1)[C@H](C)[C@H](OC)[C@H](C)/C=C/N(C)C=O)C(C)C. The zero-order valence-electron chi connectivity index (χ0n) is 26.6. The van der Waals surface area contributed by atoms with Gasteiger partial charge in [-0.25, -0.2) is 0 Å². The highest BCUT2D eigenvalue weighted by atomic mass is 16.6. The molecule has 0 radical (unpaired) electrons. The smallest absolute Gasteiger partial charge is 0.309 e. The number of amides is 1. The van der Waals surface area contributed by atoms with Crippen molar-refractivity contribution < 1.29 is 33.3 Å². The first-order valence-corrected chi connectivity index (χ1v) is 15.3. The number of carbonyl (C=O) groups is 3. The van der Waals surface area contributed by atoms with E-state index in [1.807, 2.05) is 13.0 Å². The molecule has 1 rings (SSSR count). The largest absolute Gasteiger partial charge is 0.462 e. The van der Waals surface area contributed by atoms with Crippen LogP contribution in [0.15, 0.2) is 12.3 Å². The van der Waals surface area contributed by atoms with E-state index in [2.05, 4.69) is 27.7 Å². The maximum Gasteiger partial charge on any atom is 0.309 e. The minimum Gasteiger partial charge on any atom is -0.462 e. The number of hydrogen-bond acceptors (Lipinski definition) is 7. The number of carbonyl (C=O) groups excluding carboxylic acids is 3. The lowest BCUT2D eigenvalue weighted by Gasteiger charge is -2.35. The molecule has 8 heteroatoms. The van der Waals surface area contributed by atoms with Crippen LogP contribution in [0.4, 0.5) is 0 Å². The Morgan fingerprint density at radius 3 is 2.08 bits per heavy atom. The maximum atomic E-state index is 13.2. The molecule has 0 bridgehead atoms. The van der Waals surface area contributed by atoms with Crippen molar-refractivity contribution in [2.75, 3.05) is 21.3 Å². The zero-order valence-corrected chi connectivity index (χ0v) is 26.6. The van der Waals surface area contributed by atoms with Gasteiger partial charge in [0.2, 0.25) is 6.41 Å². The van der Waals surface area contributed by atoms with Gasteiger partial charge in [0, 0.05) is 52.1 Å². The number of esters is 2. The van der Waals surface area contributed by atoms with E-state index in [1.165, 1.54) is 11.3 Å². The van der Waals surface area contributed by atoms with E-state index in [0.717, 1.165) is 38.5 Å². The van der Waals surface area contributed by atoms with E-state index in [0.29, 0.717) is 19.3 Å². The molecule has 1 aliphatic rings. The molecule has 232 valence electrons. The van der Waals surface area contributed by atoms with Crippen molar-refractivity contribution in [3.8, 4) is 0 Å². The predicted octanol–water partition coefficient (Wildman–Crippen LogP) is 6.17. The van der Waals surface area contributed by atoms with Crippen LogP contribution in [0.1, 0.15) is 99.3 Å². The predicted molar refractivity (Wildman–Crippen MR) is 157 cm³/mol. The Bertz CT molecular complexity index is 764. The highest BCUT2D eigenvalue weighted by Gasteiger charge is 2.35. The molecule has 40 heavy (non-hydrogen) atoms. The maximum absolute atomic E-state index is 13.2. The van der Waals surface area contributed by atoms with Gasteiger partial charge in [0.15, 0.2) is 0 Å². The number of hydrogen-bond donors (Lipinski definition) is 0. The minimum atomic E-state index is -0.321. The fraction of sp³-hybridized carbons (Fsp3) is 0.844. The fourth-order valence-corrected chi connectivity index (χ4v) is 5.66. The second-order valence-corrected chi connectivity index (χ2v) is 12.0. The van der Waals surface area contributed by atoms with Gasteiger partial charge in [-0.05, 0) is 37.5 Å². The van der Waals surface area contributed by atoms with Crippen molar-refractivity contribution in [3.05, 3.63) is 12.3 Å². The van der Waals surface area contributed by atoms with Gasteiger partial charge in [-0.2, -0.15) is 0 Å². The Morgan fingerprint density at radius 2 is 1.55 bits per heavy atom. The van der Waals surface area contributed by atoms with E-state index in [4.69, 9.17) is 18.9 Å². The summed E-state index contributed by atoms with van der Waals surface area (Å²) in [6.45, 7) is 12.2. The summed E-state index contributed by atoms with van der Waals surface area (Å²) in [4.78, 5) is 37.7. The molecule has 8 nitrogen and oxygen atoms in total. The van der Waals surface area contributed by atoms with Crippen LogP contribution in [0.5, 0.6) is 0 Å². The summed E-state index contributed by atoms with van der Waals surface area (Å²) in [7, 11) is 5.08. The van der Waals surface area contributed by atoms with Gasteiger partial charge < -0.3 is 23.8 Å². The lowest BCUT2D eigenvalue weighted by atomic mass is 9.84. The summed E-state index contributed by atoms with van der Waals surface area (Å²) < 4.78 is 23.8. The van der Waals surface area contributed by atoms with Gasteiger partial charge in [0.25, 0.3) is 0 Å². The third-order valence-electron chi connectivity index (χ3n) is 8.52. The molecule has 1 aliphatic carbocycles. The second kappa shape index (κ2) is 19.2. The normalized spacial score (nSPS) is 19.9. The molecular formula is C32H57NO7. The van der Waals surface area contributed by atoms with Crippen LogP contribution in [0.2, 0.25) is 0 Å². The van der Waals surface area contributed by atoms with E-state index in [-0.39, 0.29) is 65.9 Å². The lowest BCUT2D eigenvalue weighted by Crippen LogP contribution is -2.39. The topological polar surface area (TPSA) is 91.4 Å². The molecule has 0 heterocycles. The van der Waals surface area contributed by atoms with Crippen LogP contribution in [0, 0.1) is 29.6 Å². The summed E-state index contributed by atoms with van der Waals surface area (Å²) in [6.07, 6.45) is 11.1. The van der Waals surface area contributed by atoms with E-state index < -0.39 is 0 Å². The Kier molecular flexibility index (Phi) is 17.4. The molecule has 0 spiro atoms. The van der Waals surface area contributed by atoms with Crippen LogP contribution in [-0.2, 0) is 33.3 Å². The first kappa shape index (κ1) is 36.1. The Morgan fingerprint density at radius 1 is 0.900 bits per heavy atom. The standard InChI is InChI=1S/C32H57NO7/c1-10-30(35)39-28(22(2)3)20-29(37-8)23(4)16-17-27(40-32(36)26-14-12-11-13-15-26)25(6)31(38-9)24(5)18-19-33(7)21-34/h18-19,21-29,31H,10-17,20H2,1-9H3/b19-18+/t23-,24+,25-,27+,28-,29-,31+/m0/s1. The van der Waals surface area contributed by atoms with Crippen LogP contribution in [0.3, 0.4) is 0 Å². The van der Waals surface area contributed by atoms with Crippen LogP contribution in [-0.4, -0.2) is 68.9 Å². The summed E-state index contributed by atoms with van der Waals surface area (Å²) >= 11 is 0. The van der Waals surface area contributed by atoms with Crippen molar-refractivity contribution in [3.63, 3.8) is 0 Å². The molecule has 0 aliphatic heterocycles. The second-order valence-electron chi connectivity index (χ2n) is 12.0. The molecule has 7 atom stereocenters. The lowest BCUT2D eigenvalue weighted by molar-refractivity contribution is -0.162. The molecular weight excluding hydrogens is 510 g/mol. The Balaban J connectivity index is 3.04. The van der Waals surface area contributed by atoms with Gasteiger partial charge in [0.05, 0.1) is 18.1 Å². The van der Waals surface area contributed by atoms with Gasteiger partial charge in [-0.15, -0.1) is 0 Å². The zero-order chi connectivity index (χ0) is 30.2. The third kappa shape index (κ3) is 12.3. The molecule has 1 saturated carbocycles. The number of ether oxygens (including phenoxy) is 4. The first-order chi connectivity index (χ1) is 19.0. The summed E-state index contributed by atoms with van der Waals surface area (Å²) in [5.41, 5.74) is 0. The Hall–Kier alpha value is -1.93. The van der Waals surface area contributed by atoms with Gasteiger partial charge >= 0.3 is 11.9 Å². The number of methoxy groups -OCH3 is 2. The number of nitrogens with zero attached hydrogens (tertiary/aromatic N) is 1. The Labute approximate surface area is 243 Å². The summed E-state index contributed by atoms with van der Waals surface area (Å²) in [5, 5.41) is 0. The van der Waals surface area contributed by atoms with Crippen LogP contribution < -0.4 is 0 Å². The average Bonchev–Trinajstić information content (AvgIpc) is 2.95. The van der Waals surface area contributed by atoms with Crippen molar-refractivity contribution in [2.24, 2.45) is 29.6 Å². The van der Waals surface area contributed by atoms with Crippen LogP contribution >= 0.6 is 0 Å². The van der Waals surface area contributed by atoms with Crippen molar-refractivity contribution >= 4 is 18.3 Å². The molecule has 0 saturated heterocycles. The molecule has 0 aromatic heterocycles. The first-order valence-electron chi connectivity index (χ1n) is 15.3. The third-order valence-corrected chi connectivity index (χ3v) is 8.52. The molecule has 1 fully saturated rings.